The van der Waals surface area contributed by atoms with Crippen molar-refractivity contribution < 1.29 is 13.2 Å². The van der Waals surface area contributed by atoms with Gasteiger partial charge in [-0.25, -0.2) is 4.72 Å². The summed E-state index contributed by atoms with van der Waals surface area (Å²) in [6.45, 7) is 1.76. The van der Waals surface area contributed by atoms with E-state index in [1.807, 2.05) is 0 Å². The van der Waals surface area contributed by atoms with E-state index in [0.717, 1.165) is 12.8 Å². The number of fused-ring (bicyclic) bond motifs is 1. The van der Waals surface area contributed by atoms with Crippen molar-refractivity contribution in [3.8, 4) is 0 Å². The minimum atomic E-state index is -3.29. The Morgan fingerprint density at radius 3 is 2.83 bits per heavy atom. The van der Waals surface area contributed by atoms with Gasteiger partial charge in [-0.1, -0.05) is 0 Å². The second kappa shape index (κ2) is 5.73. The molecular formula is C10H18ClN3O3S. The number of alkyl halides is 1. The lowest BCUT2D eigenvalue weighted by molar-refractivity contribution is -0.133. The van der Waals surface area contributed by atoms with Crippen LogP contribution in [0.15, 0.2) is 0 Å². The molecule has 0 saturated carbocycles. The van der Waals surface area contributed by atoms with Gasteiger partial charge in [-0.05, 0) is 12.8 Å². The molecule has 104 valence electrons. The fourth-order valence-electron chi connectivity index (χ4n) is 2.36. The molecule has 0 aromatic rings. The first-order valence-corrected chi connectivity index (χ1v) is 8.12. The van der Waals surface area contributed by atoms with Crippen LogP contribution in [0.4, 0.5) is 0 Å². The van der Waals surface area contributed by atoms with Gasteiger partial charge in [0.15, 0.2) is 0 Å². The molecule has 0 aliphatic carbocycles. The normalized spacial score (nSPS) is 27.2. The first kappa shape index (κ1) is 14.0. The zero-order valence-corrected chi connectivity index (χ0v) is 11.7. The van der Waals surface area contributed by atoms with Crippen LogP contribution in [-0.4, -0.2) is 61.6 Å². The fourth-order valence-corrected chi connectivity index (χ4v) is 3.97. The lowest BCUT2D eigenvalue weighted by Gasteiger charge is -2.35. The Balaban J connectivity index is 1.87. The van der Waals surface area contributed by atoms with Crippen LogP contribution in [0.2, 0.25) is 0 Å². The smallest absolute Gasteiger partial charge is 0.279 e. The lowest BCUT2D eigenvalue weighted by Crippen LogP contribution is -2.53. The number of piperazine rings is 1. The molecule has 18 heavy (non-hydrogen) atoms. The SMILES string of the molecule is O=C(CCCCCl)N1CCN2C(CNS2(=O)=O)C1. The van der Waals surface area contributed by atoms with Crippen molar-refractivity contribution in [2.24, 2.45) is 0 Å². The number of hydrogen-bond acceptors (Lipinski definition) is 3. The maximum Gasteiger partial charge on any atom is 0.279 e. The van der Waals surface area contributed by atoms with Crippen LogP contribution in [0, 0.1) is 0 Å². The van der Waals surface area contributed by atoms with Gasteiger partial charge in [0.2, 0.25) is 5.91 Å². The van der Waals surface area contributed by atoms with Crippen molar-refractivity contribution in [2.75, 3.05) is 32.1 Å². The van der Waals surface area contributed by atoms with Crippen molar-refractivity contribution in [3.05, 3.63) is 0 Å². The van der Waals surface area contributed by atoms with Gasteiger partial charge >= 0.3 is 0 Å². The van der Waals surface area contributed by atoms with Gasteiger partial charge in [0.05, 0.1) is 6.04 Å². The highest BCUT2D eigenvalue weighted by Crippen LogP contribution is 2.19. The predicted octanol–water partition coefficient (Wildman–Crippen LogP) is -0.244. The van der Waals surface area contributed by atoms with E-state index in [4.69, 9.17) is 11.6 Å². The first-order valence-electron chi connectivity index (χ1n) is 6.15. The highest BCUT2D eigenvalue weighted by atomic mass is 35.5. The average Bonchev–Trinajstić information content (AvgIpc) is 2.65. The number of hydrogen-bond donors (Lipinski definition) is 1. The standard InChI is InChI=1S/C10H18ClN3O3S/c11-4-2-1-3-10(15)13-5-6-14-9(8-13)7-12-18(14,16)17/h9,12H,1-8H2. The van der Waals surface area contributed by atoms with E-state index in [1.54, 1.807) is 4.90 Å². The van der Waals surface area contributed by atoms with Crippen molar-refractivity contribution in [1.29, 1.82) is 0 Å². The van der Waals surface area contributed by atoms with E-state index in [9.17, 15) is 13.2 Å². The molecule has 0 bridgehead atoms. The molecule has 1 amide bonds. The average molecular weight is 296 g/mol. The molecule has 2 heterocycles. The maximum absolute atomic E-state index is 11.9. The summed E-state index contributed by atoms with van der Waals surface area (Å²) in [4.78, 5) is 13.7. The number of halogens is 1. The van der Waals surface area contributed by atoms with Gasteiger partial charge in [-0.15, -0.1) is 11.6 Å². The largest absolute Gasteiger partial charge is 0.340 e. The van der Waals surface area contributed by atoms with Crippen molar-refractivity contribution in [1.82, 2.24) is 13.9 Å². The Morgan fingerprint density at radius 2 is 2.11 bits per heavy atom. The highest BCUT2D eigenvalue weighted by Gasteiger charge is 2.41. The molecule has 6 nitrogen and oxygen atoms in total. The van der Waals surface area contributed by atoms with Gasteiger partial charge in [-0.2, -0.15) is 12.7 Å². The number of amides is 1. The van der Waals surface area contributed by atoms with E-state index < -0.39 is 10.2 Å². The Hall–Kier alpha value is -0.370. The summed E-state index contributed by atoms with van der Waals surface area (Å²) < 4.78 is 27.1. The molecule has 0 aromatic carbocycles. The summed E-state index contributed by atoms with van der Waals surface area (Å²) in [5.74, 6) is 0.676. The van der Waals surface area contributed by atoms with Crippen molar-refractivity contribution in [3.63, 3.8) is 0 Å². The molecule has 0 aromatic heterocycles. The lowest BCUT2D eigenvalue weighted by atomic mass is 10.1. The zero-order valence-electron chi connectivity index (χ0n) is 10.1. The third-order valence-corrected chi connectivity index (χ3v) is 5.26. The summed E-state index contributed by atoms with van der Waals surface area (Å²) in [5, 5.41) is 0. The van der Waals surface area contributed by atoms with Gasteiger partial charge in [0.1, 0.15) is 0 Å². The molecule has 1 N–H and O–H groups in total. The number of nitrogens with one attached hydrogen (secondary N) is 1. The molecule has 2 aliphatic rings. The van der Waals surface area contributed by atoms with Gasteiger partial charge in [0.25, 0.3) is 10.2 Å². The van der Waals surface area contributed by atoms with Crippen LogP contribution in [0.5, 0.6) is 0 Å². The number of carbonyl (C=O) groups is 1. The summed E-state index contributed by atoms with van der Waals surface area (Å²) in [6, 6.07) is -0.110. The van der Waals surface area contributed by atoms with Gasteiger partial charge in [-0.3, -0.25) is 4.79 Å². The van der Waals surface area contributed by atoms with Crippen LogP contribution in [0.1, 0.15) is 19.3 Å². The highest BCUT2D eigenvalue weighted by molar-refractivity contribution is 7.87. The van der Waals surface area contributed by atoms with Crippen LogP contribution < -0.4 is 4.72 Å². The molecule has 2 aliphatic heterocycles. The quantitative estimate of drug-likeness (QED) is 0.575. The Labute approximate surface area is 112 Å². The van der Waals surface area contributed by atoms with E-state index in [-0.39, 0.29) is 11.9 Å². The molecule has 1 atom stereocenters. The van der Waals surface area contributed by atoms with Gasteiger partial charge < -0.3 is 4.90 Å². The Kier molecular flexibility index (Phi) is 4.47. The summed E-state index contributed by atoms with van der Waals surface area (Å²) >= 11 is 5.57. The number of unbranched alkanes of at least 4 members (excludes halogenated alkanes) is 1. The summed E-state index contributed by atoms with van der Waals surface area (Å²) in [6.07, 6.45) is 2.13. The third-order valence-electron chi connectivity index (χ3n) is 3.37. The second-order valence-corrected chi connectivity index (χ2v) is 6.69. The number of nitrogens with zero attached hydrogens (tertiary/aromatic N) is 2. The Morgan fingerprint density at radius 1 is 1.33 bits per heavy atom. The zero-order chi connectivity index (χ0) is 13.2. The van der Waals surface area contributed by atoms with Crippen molar-refractivity contribution in [2.45, 2.75) is 25.3 Å². The molecule has 8 heteroatoms. The number of rotatable bonds is 4. The van der Waals surface area contributed by atoms with Crippen LogP contribution >= 0.6 is 11.6 Å². The Bertz CT molecular complexity index is 415. The van der Waals surface area contributed by atoms with Gasteiger partial charge in [0, 0.05) is 38.5 Å². The maximum atomic E-state index is 11.9. The number of carbonyl (C=O) groups excluding carboxylic acids is 1. The summed E-state index contributed by atoms with van der Waals surface area (Å²) in [7, 11) is -3.29. The van der Waals surface area contributed by atoms with Crippen LogP contribution in [0.25, 0.3) is 0 Å². The van der Waals surface area contributed by atoms with E-state index in [2.05, 4.69) is 4.72 Å². The minimum Gasteiger partial charge on any atom is -0.340 e. The van der Waals surface area contributed by atoms with E-state index in [0.29, 0.717) is 38.5 Å². The monoisotopic (exact) mass is 295 g/mol. The van der Waals surface area contributed by atoms with E-state index in [1.165, 1.54) is 4.31 Å². The minimum absolute atomic E-state index is 0.101. The molecule has 2 rings (SSSR count). The fraction of sp³-hybridized carbons (Fsp3) is 0.900. The topological polar surface area (TPSA) is 69.7 Å². The van der Waals surface area contributed by atoms with Crippen molar-refractivity contribution >= 4 is 27.7 Å². The molecular weight excluding hydrogens is 278 g/mol. The molecule has 2 fully saturated rings. The first-order chi connectivity index (χ1) is 8.54. The third kappa shape index (κ3) is 2.96. The van der Waals surface area contributed by atoms with Crippen LogP contribution in [0.3, 0.4) is 0 Å². The second-order valence-electron chi connectivity index (χ2n) is 4.60. The van der Waals surface area contributed by atoms with Crippen LogP contribution in [-0.2, 0) is 15.0 Å². The molecule has 1 unspecified atom stereocenters. The predicted molar refractivity (Wildman–Crippen MR) is 68.6 cm³/mol. The molecule has 2 saturated heterocycles. The van der Waals surface area contributed by atoms with E-state index >= 15 is 0 Å². The molecule has 0 spiro atoms. The molecule has 0 radical (unpaired) electrons. The summed E-state index contributed by atoms with van der Waals surface area (Å²) in [5.41, 5.74) is 0.